The van der Waals surface area contributed by atoms with Crippen molar-refractivity contribution >= 4 is 28.2 Å². The Morgan fingerprint density at radius 3 is 2.41 bits per heavy atom. The SMILES string of the molecule is O=c1cc(Nc2ccccc2)n(-c2ccccc2)c2cc(NCCN3CCCC3)ncc12.[HH].[HH]. The van der Waals surface area contributed by atoms with Crippen molar-refractivity contribution in [2.45, 2.75) is 12.8 Å². The predicted octanol–water partition coefficient (Wildman–Crippen LogP) is 5.13. The van der Waals surface area contributed by atoms with Crippen LogP contribution in [0.1, 0.15) is 15.7 Å². The maximum Gasteiger partial charge on any atom is 0.193 e. The van der Waals surface area contributed by atoms with E-state index in [1.807, 2.05) is 66.7 Å². The molecule has 4 aromatic rings. The second kappa shape index (κ2) is 9.24. The summed E-state index contributed by atoms with van der Waals surface area (Å²) >= 11 is 0. The summed E-state index contributed by atoms with van der Waals surface area (Å²) < 4.78 is 2.08. The van der Waals surface area contributed by atoms with Crippen molar-refractivity contribution in [1.82, 2.24) is 14.5 Å². The summed E-state index contributed by atoms with van der Waals surface area (Å²) in [5.41, 5.74) is 2.67. The second-order valence-corrected chi connectivity index (χ2v) is 8.12. The molecule has 0 spiro atoms. The van der Waals surface area contributed by atoms with E-state index >= 15 is 0 Å². The van der Waals surface area contributed by atoms with E-state index in [1.165, 1.54) is 25.9 Å². The number of aromatic nitrogens is 2. The minimum atomic E-state index is -0.0540. The zero-order valence-corrected chi connectivity index (χ0v) is 18.0. The molecule has 2 N–H and O–H groups in total. The third kappa shape index (κ3) is 4.36. The van der Waals surface area contributed by atoms with E-state index < -0.39 is 0 Å². The molecule has 3 heterocycles. The van der Waals surface area contributed by atoms with Crippen LogP contribution in [-0.4, -0.2) is 40.6 Å². The van der Waals surface area contributed by atoms with Crippen molar-refractivity contribution in [2.75, 3.05) is 36.8 Å². The molecule has 32 heavy (non-hydrogen) atoms. The molecule has 0 bridgehead atoms. The van der Waals surface area contributed by atoms with Gasteiger partial charge in [-0.1, -0.05) is 36.4 Å². The Hall–Kier alpha value is -3.64. The average molecular weight is 430 g/mol. The fraction of sp³-hybridized carbons (Fsp3) is 0.231. The quantitative estimate of drug-likeness (QED) is 0.426. The van der Waals surface area contributed by atoms with Gasteiger partial charge in [0, 0.05) is 45.6 Å². The number of rotatable bonds is 7. The molecule has 0 saturated carbocycles. The van der Waals surface area contributed by atoms with Gasteiger partial charge in [0.2, 0.25) is 0 Å². The summed E-state index contributed by atoms with van der Waals surface area (Å²) in [6.07, 6.45) is 4.26. The fourth-order valence-electron chi connectivity index (χ4n) is 4.28. The number of likely N-dealkylation sites (tertiary alicyclic amines) is 1. The largest absolute Gasteiger partial charge is 0.369 e. The van der Waals surface area contributed by atoms with E-state index in [1.54, 1.807) is 12.3 Å². The molecule has 166 valence electrons. The van der Waals surface area contributed by atoms with Crippen LogP contribution in [-0.2, 0) is 0 Å². The minimum absolute atomic E-state index is 0. The van der Waals surface area contributed by atoms with Crippen LogP contribution >= 0.6 is 0 Å². The first-order valence-corrected chi connectivity index (χ1v) is 11.2. The molecule has 2 aromatic heterocycles. The highest BCUT2D eigenvalue weighted by atomic mass is 16.1. The zero-order chi connectivity index (χ0) is 21.8. The zero-order valence-electron chi connectivity index (χ0n) is 18.0. The first-order chi connectivity index (χ1) is 15.8. The van der Waals surface area contributed by atoms with E-state index in [9.17, 15) is 4.79 Å². The van der Waals surface area contributed by atoms with Crippen LogP contribution in [0, 0.1) is 0 Å². The molecule has 0 atom stereocenters. The van der Waals surface area contributed by atoms with Crippen LogP contribution in [0.3, 0.4) is 0 Å². The number of anilines is 3. The molecule has 0 radical (unpaired) electrons. The van der Waals surface area contributed by atoms with Crippen LogP contribution in [0.25, 0.3) is 16.6 Å². The monoisotopic (exact) mass is 429 g/mol. The first kappa shape index (κ1) is 20.3. The van der Waals surface area contributed by atoms with Gasteiger partial charge in [-0.05, 0) is 50.2 Å². The van der Waals surface area contributed by atoms with E-state index in [0.29, 0.717) is 11.2 Å². The molecule has 1 aliphatic heterocycles. The van der Waals surface area contributed by atoms with E-state index in [4.69, 9.17) is 0 Å². The van der Waals surface area contributed by atoms with Crippen LogP contribution in [0.2, 0.25) is 0 Å². The first-order valence-electron chi connectivity index (χ1n) is 11.2. The molecule has 0 unspecified atom stereocenters. The summed E-state index contributed by atoms with van der Waals surface area (Å²) in [6, 6.07) is 23.6. The Morgan fingerprint density at radius 2 is 1.66 bits per heavy atom. The van der Waals surface area contributed by atoms with Crippen molar-refractivity contribution in [3.05, 3.63) is 89.2 Å². The number of para-hydroxylation sites is 2. The molecule has 0 aliphatic carbocycles. The van der Waals surface area contributed by atoms with Crippen molar-refractivity contribution in [1.29, 1.82) is 0 Å². The number of pyridine rings is 2. The number of nitrogens with one attached hydrogen (secondary N) is 2. The van der Waals surface area contributed by atoms with Gasteiger partial charge in [-0.3, -0.25) is 9.36 Å². The van der Waals surface area contributed by atoms with Crippen molar-refractivity contribution < 1.29 is 2.85 Å². The van der Waals surface area contributed by atoms with Gasteiger partial charge in [-0.15, -0.1) is 0 Å². The van der Waals surface area contributed by atoms with Crippen molar-refractivity contribution in [3.8, 4) is 5.69 Å². The van der Waals surface area contributed by atoms with E-state index in [-0.39, 0.29) is 8.28 Å². The molecule has 1 aliphatic rings. The van der Waals surface area contributed by atoms with Gasteiger partial charge < -0.3 is 15.5 Å². The molecule has 1 saturated heterocycles. The van der Waals surface area contributed by atoms with Gasteiger partial charge in [-0.2, -0.15) is 0 Å². The third-order valence-corrected chi connectivity index (χ3v) is 5.89. The molecular formula is C26H31N5O. The maximum atomic E-state index is 13.0. The molecule has 1 fully saturated rings. The van der Waals surface area contributed by atoms with Gasteiger partial charge in [0.05, 0.1) is 10.9 Å². The van der Waals surface area contributed by atoms with Gasteiger partial charge in [-0.25, -0.2) is 4.98 Å². The van der Waals surface area contributed by atoms with E-state index in [2.05, 4.69) is 25.1 Å². The lowest BCUT2D eigenvalue weighted by Crippen LogP contribution is -2.26. The smallest absolute Gasteiger partial charge is 0.193 e. The summed E-state index contributed by atoms with van der Waals surface area (Å²) in [4.78, 5) is 19.9. The molecule has 0 amide bonds. The van der Waals surface area contributed by atoms with E-state index in [0.717, 1.165) is 35.8 Å². The number of nitrogens with zero attached hydrogens (tertiary/aromatic N) is 3. The van der Waals surface area contributed by atoms with Crippen molar-refractivity contribution in [2.24, 2.45) is 0 Å². The van der Waals surface area contributed by atoms with Crippen LogP contribution < -0.4 is 16.1 Å². The second-order valence-electron chi connectivity index (χ2n) is 8.12. The minimum Gasteiger partial charge on any atom is -0.369 e. The highest BCUT2D eigenvalue weighted by molar-refractivity contribution is 5.85. The normalized spacial score (nSPS) is 14.0. The predicted molar refractivity (Wildman–Crippen MR) is 135 cm³/mol. The summed E-state index contributed by atoms with van der Waals surface area (Å²) in [7, 11) is 0. The van der Waals surface area contributed by atoms with Gasteiger partial charge in [0.15, 0.2) is 5.43 Å². The Morgan fingerprint density at radius 1 is 0.938 bits per heavy atom. The molecular weight excluding hydrogens is 398 g/mol. The highest BCUT2D eigenvalue weighted by Crippen LogP contribution is 2.26. The van der Waals surface area contributed by atoms with Crippen LogP contribution in [0.15, 0.2) is 83.8 Å². The van der Waals surface area contributed by atoms with Crippen molar-refractivity contribution in [3.63, 3.8) is 0 Å². The average Bonchev–Trinajstić information content (AvgIpc) is 3.34. The molecule has 6 nitrogen and oxygen atoms in total. The Kier molecular flexibility index (Phi) is 5.85. The standard InChI is InChI=1S/C26H27N5O.2H2/c32-24-18-26(29-20-9-3-1-4-10-20)31(21-11-5-2-6-12-21)23-17-25(28-19-22(23)24)27-13-16-30-14-7-8-15-30;;/h1-6,9-12,17-19,29H,7-8,13-16H2,(H,27,28);2*1H. The summed E-state index contributed by atoms with van der Waals surface area (Å²) in [6.45, 7) is 4.18. The lowest BCUT2D eigenvalue weighted by Gasteiger charge is -2.19. The molecule has 6 heteroatoms. The summed E-state index contributed by atoms with van der Waals surface area (Å²) in [5, 5.41) is 7.46. The fourth-order valence-corrected chi connectivity index (χ4v) is 4.28. The number of benzene rings is 2. The third-order valence-electron chi connectivity index (χ3n) is 5.89. The number of hydrogen-bond acceptors (Lipinski definition) is 5. The topological polar surface area (TPSA) is 62.2 Å². The Bertz CT molecular complexity index is 1260. The number of fused-ring (bicyclic) bond motifs is 1. The lowest BCUT2D eigenvalue weighted by atomic mass is 10.2. The molecule has 2 aromatic carbocycles. The Labute approximate surface area is 190 Å². The summed E-state index contributed by atoms with van der Waals surface area (Å²) in [5.74, 6) is 1.49. The number of hydrogen-bond donors (Lipinski definition) is 2. The van der Waals surface area contributed by atoms with Crippen LogP contribution in [0.5, 0.6) is 0 Å². The van der Waals surface area contributed by atoms with Gasteiger partial charge in [0.1, 0.15) is 11.6 Å². The van der Waals surface area contributed by atoms with Gasteiger partial charge in [0.25, 0.3) is 0 Å². The van der Waals surface area contributed by atoms with Crippen LogP contribution in [0.4, 0.5) is 17.3 Å². The maximum absolute atomic E-state index is 13.0. The Balaban J connectivity index is 0.00000162. The molecule has 5 rings (SSSR count). The highest BCUT2D eigenvalue weighted by Gasteiger charge is 2.14. The lowest BCUT2D eigenvalue weighted by molar-refractivity contribution is 0.352. The van der Waals surface area contributed by atoms with Gasteiger partial charge >= 0.3 is 0 Å².